The van der Waals surface area contributed by atoms with Crippen molar-refractivity contribution in [2.45, 2.75) is 18.3 Å². The van der Waals surface area contributed by atoms with Crippen LogP contribution >= 0.6 is 0 Å². The molecule has 0 spiro atoms. The van der Waals surface area contributed by atoms with Crippen LogP contribution in [0.25, 0.3) is 0 Å². The zero-order valence-electron chi connectivity index (χ0n) is 21.8. The van der Waals surface area contributed by atoms with Gasteiger partial charge in [0.05, 0.1) is 32.8 Å². The molecule has 0 saturated carbocycles. The maximum Gasteiger partial charge on any atom is 0.414 e. The summed E-state index contributed by atoms with van der Waals surface area (Å²) in [5.74, 6) is -1.71. The molecule has 1 saturated heterocycles. The van der Waals surface area contributed by atoms with Gasteiger partial charge in [-0.1, -0.05) is 66.7 Å². The molecule has 0 radical (unpaired) electrons. The molecule has 3 N–H and O–H groups in total. The van der Waals surface area contributed by atoms with E-state index in [0.717, 1.165) is 0 Å². The average molecular weight is 540 g/mol. The summed E-state index contributed by atoms with van der Waals surface area (Å²) in [6.07, 6.45) is -0.346. The molecule has 0 aliphatic carbocycles. The third kappa shape index (κ3) is 8.71. The second-order valence-corrected chi connectivity index (χ2v) is 8.41. The molecule has 208 valence electrons. The minimum absolute atomic E-state index is 0.0225. The summed E-state index contributed by atoms with van der Waals surface area (Å²) in [7, 11) is 3.23. The van der Waals surface area contributed by atoms with Gasteiger partial charge >= 0.3 is 11.9 Å². The third-order valence-corrected chi connectivity index (χ3v) is 5.83. The Morgan fingerprint density at radius 3 is 1.90 bits per heavy atom. The number of benzene rings is 3. The second kappa shape index (κ2) is 15.3. The smallest absolute Gasteiger partial charge is 0.414 e. The highest BCUT2D eigenvalue weighted by Crippen LogP contribution is 2.36. The van der Waals surface area contributed by atoms with E-state index in [1.165, 1.54) is 11.1 Å². The first-order valence-corrected chi connectivity index (χ1v) is 12.3. The highest BCUT2D eigenvalue weighted by atomic mass is 16.7. The number of nitrogens with one attached hydrogen (secondary N) is 1. The summed E-state index contributed by atoms with van der Waals surface area (Å²) in [5.41, 5.74) is 2.36. The van der Waals surface area contributed by atoms with Crippen molar-refractivity contribution in [1.29, 1.82) is 0 Å². The fraction of sp³-hybridized carbons (Fsp3) is 0.310. The number of methoxy groups -OCH3 is 2. The highest BCUT2D eigenvalue weighted by molar-refractivity contribution is 6.27. The van der Waals surface area contributed by atoms with Crippen molar-refractivity contribution >= 4 is 11.9 Å². The van der Waals surface area contributed by atoms with Crippen LogP contribution in [0.4, 0.5) is 0 Å². The Labute approximate surface area is 227 Å². The second-order valence-electron chi connectivity index (χ2n) is 8.41. The van der Waals surface area contributed by atoms with E-state index in [4.69, 9.17) is 43.5 Å². The summed E-state index contributed by atoms with van der Waals surface area (Å²) in [6, 6.07) is 26.3. The lowest BCUT2D eigenvalue weighted by Gasteiger charge is -2.24. The molecule has 1 fully saturated rings. The molecule has 2 atom stereocenters. The lowest BCUT2D eigenvalue weighted by molar-refractivity contribution is -0.159. The first-order valence-electron chi connectivity index (χ1n) is 12.3. The largest absolute Gasteiger partial charge is 0.493 e. The fourth-order valence-electron chi connectivity index (χ4n) is 4.03. The van der Waals surface area contributed by atoms with E-state index in [1.54, 1.807) is 14.2 Å². The predicted octanol–water partition coefficient (Wildman–Crippen LogP) is 3.40. The van der Waals surface area contributed by atoms with Crippen molar-refractivity contribution in [2.24, 2.45) is 0 Å². The van der Waals surface area contributed by atoms with Crippen LogP contribution in [0.2, 0.25) is 0 Å². The van der Waals surface area contributed by atoms with Crippen molar-refractivity contribution in [1.82, 2.24) is 5.32 Å². The molecule has 1 aliphatic heterocycles. The molecular weight excluding hydrogens is 506 g/mol. The number of hydrogen-bond donors (Lipinski definition) is 3. The molecule has 10 nitrogen and oxygen atoms in total. The van der Waals surface area contributed by atoms with Gasteiger partial charge in [-0.2, -0.15) is 0 Å². The Hall–Kier alpha value is -4.12. The first-order chi connectivity index (χ1) is 18.9. The Balaban J connectivity index is 0.000000631. The van der Waals surface area contributed by atoms with Crippen LogP contribution < -0.4 is 19.5 Å². The van der Waals surface area contributed by atoms with Crippen LogP contribution in [0.15, 0.2) is 78.9 Å². The summed E-state index contributed by atoms with van der Waals surface area (Å²) in [4.78, 5) is 18.2. The number of rotatable bonds is 11. The third-order valence-electron chi connectivity index (χ3n) is 5.83. The van der Waals surface area contributed by atoms with E-state index in [0.29, 0.717) is 43.6 Å². The average Bonchev–Trinajstić information content (AvgIpc) is 3.42. The lowest BCUT2D eigenvalue weighted by atomic mass is 9.91. The molecule has 0 bridgehead atoms. The van der Waals surface area contributed by atoms with Gasteiger partial charge in [-0.05, 0) is 23.3 Å². The zero-order chi connectivity index (χ0) is 28.0. The van der Waals surface area contributed by atoms with Crippen LogP contribution in [0.5, 0.6) is 17.2 Å². The molecule has 1 heterocycles. The monoisotopic (exact) mass is 539 g/mol. The SMILES string of the molecule is COc1cccc(OC)c1OCCNCC1CO[C@@H](C(c2ccccc2)c2ccccc2)O1.O=C(O)C(=O)O. The number of ether oxygens (including phenoxy) is 5. The summed E-state index contributed by atoms with van der Waals surface area (Å²) < 4.78 is 29.0. The Morgan fingerprint density at radius 2 is 1.41 bits per heavy atom. The maximum atomic E-state index is 9.10. The fourth-order valence-corrected chi connectivity index (χ4v) is 4.03. The molecule has 1 aliphatic rings. The summed E-state index contributed by atoms with van der Waals surface area (Å²) in [6.45, 7) is 2.37. The minimum Gasteiger partial charge on any atom is -0.493 e. The number of para-hydroxylation sites is 1. The normalized spacial score (nSPS) is 16.2. The molecule has 1 unspecified atom stereocenters. The van der Waals surface area contributed by atoms with Gasteiger partial charge in [0, 0.05) is 13.1 Å². The van der Waals surface area contributed by atoms with Gasteiger partial charge < -0.3 is 39.2 Å². The van der Waals surface area contributed by atoms with Gasteiger partial charge in [-0.3, -0.25) is 0 Å². The predicted molar refractivity (Wildman–Crippen MR) is 143 cm³/mol. The minimum atomic E-state index is -1.82. The van der Waals surface area contributed by atoms with E-state index in [-0.39, 0.29) is 18.3 Å². The van der Waals surface area contributed by atoms with Crippen molar-refractivity contribution in [3.8, 4) is 17.2 Å². The number of hydrogen-bond acceptors (Lipinski definition) is 8. The standard InChI is InChI=1S/C27H31NO5.C2H2O4/c1-29-23-14-9-15-24(30-2)26(23)31-17-16-28-18-22-19-32-27(33-22)25(20-10-5-3-6-11-20)21-12-7-4-8-13-21;3-1(4)2(5)6/h3-15,22,25,27-28H,16-19H2,1-2H3;(H,3,4)(H,5,6)/t22?,27-;/m1./s1. The first kappa shape index (κ1) is 29.4. The number of carboxylic acid groups (broad SMARTS) is 2. The molecule has 0 amide bonds. The Morgan fingerprint density at radius 1 is 0.872 bits per heavy atom. The van der Waals surface area contributed by atoms with Crippen molar-refractivity contribution in [3.05, 3.63) is 90.0 Å². The molecule has 39 heavy (non-hydrogen) atoms. The van der Waals surface area contributed by atoms with Crippen LogP contribution in [0.3, 0.4) is 0 Å². The van der Waals surface area contributed by atoms with Crippen molar-refractivity contribution in [3.63, 3.8) is 0 Å². The Bertz CT molecular complexity index is 1100. The van der Waals surface area contributed by atoms with Gasteiger partial charge in [0.15, 0.2) is 17.8 Å². The van der Waals surface area contributed by atoms with Crippen LogP contribution in [0.1, 0.15) is 17.0 Å². The van der Waals surface area contributed by atoms with Gasteiger partial charge in [0.2, 0.25) is 5.75 Å². The molecule has 0 aromatic heterocycles. The number of carboxylic acids is 2. The lowest BCUT2D eigenvalue weighted by Crippen LogP contribution is -2.32. The highest BCUT2D eigenvalue weighted by Gasteiger charge is 2.34. The molecule has 3 aromatic rings. The van der Waals surface area contributed by atoms with Crippen molar-refractivity contribution in [2.75, 3.05) is 40.5 Å². The molecular formula is C29H33NO9. The van der Waals surface area contributed by atoms with Crippen molar-refractivity contribution < 1.29 is 43.5 Å². The molecule has 10 heteroatoms. The molecule has 4 rings (SSSR count). The topological polar surface area (TPSA) is 133 Å². The van der Waals surface area contributed by atoms with Crippen LogP contribution in [0, 0.1) is 0 Å². The maximum absolute atomic E-state index is 9.10. The molecule has 3 aromatic carbocycles. The van der Waals surface area contributed by atoms with Gasteiger partial charge in [-0.25, -0.2) is 9.59 Å². The quantitative estimate of drug-likeness (QED) is 0.246. The number of aliphatic carboxylic acids is 2. The van der Waals surface area contributed by atoms with Gasteiger partial charge in [0.25, 0.3) is 0 Å². The van der Waals surface area contributed by atoms with E-state index in [9.17, 15) is 0 Å². The summed E-state index contributed by atoms with van der Waals surface area (Å²) in [5, 5.41) is 18.2. The van der Waals surface area contributed by atoms with E-state index < -0.39 is 11.9 Å². The zero-order valence-corrected chi connectivity index (χ0v) is 21.8. The van der Waals surface area contributed by atoms with E-state index >= 15 is 0 Å². The van der Waals surface area contributed by atoms with Crippen LogP contribution in [-0.2, 0) is 19.1 Å². The number of carbonyl (C=O) groups is 2. The van der Waals surface area contributed by atoms with E-state index in [1.807, 2.05) is 30.3 Å². The summed E-state index contributed by atoms with van der Waals surface area (Å²) >= 11 is 0. The van der Waals surface area contributed by atoms with Crippen LogP contribution in [-0.4, -0.2) is 75.1 Å². The van der Waals surface area contributed by atoms with E-state index in [2.05, 4.69) is 53.8 Å². The van der Waals surface area contributed by atoms with Gasteiger partial charge in [-0.15, -0.1) is 0 Å². The Kier molecular flexibility index (Phi) is 11.6. The van der Waals surface area contributed by atoms with Gasteiger partial charge in [0.1, 0.15) is 6.61 Å².